The van der Waals surface area contributed by atoms with Gasteiger partial charge in [0.2, 0.25) is 0 Å². The Bertz CT molecular complexity index is 231. The molecule has 0 amide bonds. The summed E-state index contributed by atoms with van der Waals surface area (Å²) in [5.74, 6) is 7.04. The first-order valence-electron chi connectivity index (χ1n) is 5.16. The Kier molecular flexibility index (Phi) is 4.02. The molecule has 13 heavy (non-hydrogen) atoms. The number of carbonyl (C=O) groups is 1. The zero-order valence-electron chi connectivity index (χ0n) is 8.60. The van der Waals surface area contributed by atoms with Crippen LogP contribution in [0.5, 0.6) is 0 Å². The van der Waals surface area contributed by atoms with Crippen molar-refractivity contribution < 1.29 is 4.79 Å². The third-order valence-electron chi connectivity index (χ3n) is 2.83. The predicted molar refractivity (Wildman–Crippen MR) is 54.2 cm³/mol. The van der Waals surface area contributed by atoms with E-state index in [2.05, 4.69) is 18.8 Å². The first-order chi connectivity index (χ1) is 6.24. The molecule has 0 heterocycles. The first-order valence-corrected chi connectivity index (χ1v) is 5.16. The van der Waals surface area contributed by atoms with E-state index in [1.54, 1.807) is 6.92 Å². The maximum absolute atomic E-state index is 11.6. The molecule has 0 bridgehead atoms. The molecule has 1 rings (SSSR count). The molecular formula is C12H18O. The van der Waals surface area contributed by atoms with Crippen molar-refractivity contribution in [3.8, 4) is 11.8 Å². The van der Waals surface area contributed by atoms with Gasteiger partial charge in [0.05, 0.1) is 6.42 Å². The Morgan fingerprint density at radius 2 is 2.23 bits per heavy atom. The van der Waals surface area contributed by atoms with Crippen molar-refractivity contribution in [3.05, 3.63) is 0 Å². The molecule has 1 aliphatic carbocycles. The predicted octanol–water partition coefficient (Wildman–Crippen LogP) is 2.80. The molecule has 1 aliphatic rings. The maximum atomic E-state index is 11.6. The first kappa shape index (κ1) is 10.3. The molecule has 0 aromatic rings. The van der Waals surface area contributed by atoms with Crippen molar-refractivity contribution in [3.63, 3.8) is 0 Å². The highest BCUT2D eigenvalue weighted by Gasteiger charge is 2.23. The van der Waals surface area contributed by atoms with E-state index in [-0.39, 0.29) is 0 Å². The highest BCUT2D eigenvalue weighted by molar-refractivity contribution is 5.83. The second-order valence-electron chi connectivity index (χ2n) is 4.04. The van der Waals surface area contributed by atoms with Gasteiger partial charge in [-0.3, -0.25) is 4.79 Å². The highest BCUT2D eigenvalue weighted by Crippen LogP contribution is 2.29. The van der Waals surface area contributed by atoms with Gasteiger partial charge in [0.25, 0.3) is 0 Å². The zero-order valence-corrected chi connectivity index (χ0v) is 8.60. The minimum atomic E-state index is 0.310. The van der Waals surface area contributed by atoms with Crippen molar-refractivity contribution in [1.82, 2.24) is 0 Å². The average Bonchev–Trinajstić information content (AvgIpc) is 2.14. The van der Waals surface area contributed by atoms with Crippen LogP contribution >= 0.6 is 0 Å². The lowest BCUT2D eigenvalue weighted by atomic mass is 9.80. The van der Waals surface area contributed by atoms with E-state index >= 15 is 0 Å². The van der Waals surface area contributed by atoms with Crippen molar-refractivity contribution in [1.29, 1.82) is 0 Å². The molecule has 0 aliphatic heterocycles. The van der Waals surface area contributed by atoms with E-state index in [0.717, 1.165) is 18.8 Å². The van der Waals surface area contributed by atoms with E-state index in [1.807, 2.05) is 0 Å². The van der Waals surface area contributed by atoms with Crippen molar-refractivity contribution in [2.24, 2.45) is 11.8 Å². The van der Waals surface area contributed by atoms with Crippen LogP contribution in [-0.4, -0.2) is 5.78 Å². The molecule has 2 unspecified atom stereocenters. The molecule has 1 fully saturated rings. The molecule has 0 aromatic heterocycles. The van der Waals surface area contributed by atoms with Crippen LogP contribution in [0.2, 0.25) is 0 Å². The summed E-state index contributed by atoms with van der Waals surface area (Å²) in [6.45, 7) is 4.03. The smallest absolute Gasteiger partial charge is 0.147 e. The van der Waals surface area contributed by atoms with Crippen LogP contribution in [0.15, 0.2) is 0 Å². The topological polar surface area (TPSA) is 17.1 Å². The van der Waals surface area contributed by atoms with Crippen LogP contribution in [-0.2, 0) is 4.79 Å². The highest BCUT2D eigenvalue weighted by atomic mass is 16.1. The normalized spacial score (nSPS) is 27.5. The van der Waals surface area contributed by atoms with Gasteiger partial charge in [-0.15, -0.1) is 5.92 Å². The Morgan fingerprint density at radius 3 is 2.85 bits per heavy atom. The van der Waals surface area contributed by atoms with E-state index in [1.165, 1.54) is 12.8 Å². The molecule has 0 radical (unpaired) electrons. The molecule has 72 valence electrons. The summed E-state index contributed by atoms with van der Waals surface area (Å²) in [5.41, 5.74) is 0. The van der Waals surface area contributed by atoms with Crippen LogP contribution in [0.1, 0.15) is 46.0 Å². The number of carbonyl (C=O) groups excluding carboxylic acids is 1. The van der Waals surface area contributed by atoms with Crippen LogP contribution < -0.4 is 0 Å². The molecule has 0 saturated heterocycles. The summed E-state index contributed by atoms with van der Waals surface area (Å²) in [5, 5.41) is 0. The van der Waals surface area contributed by atoms with Crippen LogP contribution in [0, 0.1) is 23.7 Å². The van der Waals surface area contributed by atoms with Gasteiger partial charge < -0.3 is 0 Å². The standard InChI is InChI=1S/C12H18O/c1-3-4-8-12(13)11-7-5-6-10(2)9-11/h10-11H,5-9H2,1-2H3. The third kappa shape index (κ3) is 3.22. The van der Waals surface area contributed by atoms with Gasteiger partial charge >= 0.3 is 0 Å². The van der Waals surface area contributed by atoms with Gasteiger partial charge in [-0.05, 0) is 25.7 Å². The van der Waals surface area contributed by atoms with E-state index in [9.17, 15) is 4.79 Å². The minimum Gasteiger partial charge on any atom is -0.298 e. The Balaban J connectivity index is 2.40. The monoisotopic (exact) mass is 178 g/mol. The third-order valence-corrected chi connectivity index (χ3v) is 2.83. The lowest BCUT2D eigenvalue weighted by molar-refractivity contribution is -0.123. The fourth-order valence-corrected chi connectivity index (χ4v) is 2.05. The zero-order chi connectivity index (χ0) is 9.68. The van der Waals surface area contributed by atoms with Gasteiger partial charge in [0.15, 0.2) is 0 Å². The summed E-state index contributed by atoms with van der Waals surface area (Å²) in [7, 11) is 0. The van der Waals surface area contributed by atoms with Gasteiger partial charge in [-0.25, -0.2) is 0 Å². The molecule has 1 saturated carbocycles. The maximum Gasteiger partial charge on any atom is 0.147 e. The number of Topliss-reactive ketones (excluding diaryl/α,β-unsaturated/α-hetero) is 1. The molecule has 0 N–H and O–H groups in total. The minimum absolute atomic E-state index is 0.310. The molecule has 2 atom stereocenters. The molecule has 0 spiro atoms. The van der Waals surface area contributed by atoms with Gasteiger partial charge in [-0.1, -0.05) is 25.7 Å². The average molecular weight is 178 g/mol. The summed E-state index contributed by atoms with van der Waals surface area (Å²) < 4.78 is 0. The summed E-state index contributed by atoms with van der Waals surface area (Å²) >= 11 is 0. The fraction of sp³-hybridized carbons (Fsp3) is 0.750. The van der Waals surface area contributed by atoms with Crippen LogP contribution in [0.3, 0.4) is 0 Å². The van der Waals surface area contributed by atoms with E-state index in [0.29, 0.717) is 18.1 Å². The van der Waals surface area contributed by atoms with Crippen molar-refractivity contribution in [2.75, 3.05) is 0 Å². The van der Waals surface area contributed by atoms with Crippen LogP contribution in [0.4, 0.5) is 0 Å². The largest absolute Gasteiger partial charge is 0.298 e. The summed E-state index contributed by atoms with van der Waals surface area (Å²) in [6, 6.07) is 0. The molecule has 1 heteroatoms. The molecule has 0 aromatic carbocycles. The summed E-state index contributed by atoms with van der Waals surface area (Å²) in [6.07, 6.45) is 5.16. The number of ketones is 1. The second kappa shape index (κ2) is 5.07. The van der Waals surface area contributed by atoms with Gasteiger partial charge in [-0.2, -0.15) is 0 Å². The number of rotatable bonds is 2. The molecule has 1 nitrogen and oxygen atoms in total. The van der Waals surface area contributed by atoms with Gasteiger partial charge in [0, 0.05) is 5.92 Å². The lowest BCUT2D eigenvalue weighted by Gasteiger charge is -2.24. The van der Waals surface area contributed by atoms with E-state index in [4.69, 9.17) is 0 Å². The SMILES string of the molecule is CC#CCC(=O)C1CCCC(C)C1. The quantitative estimate of drug-likeness (QED) is 0.594. The Labute approximate surface area is 80.9 Å². The van der Waals surface area contributed by atoms with E-state index < -0.39 is 0 Å². The fourth-order valence-electron chi connectivity index (χ4n) is 2.05. The van der Waals surface area contributed by atoms with Crippen molar-refractivity contribution in [2.45, 2.75) is 46.0 Å². The molecular weight excluding hydrogens is 160 g/mol. The lowest BCUT2D eigenvalue weighted by Crippen LogP contribution is -2.21. The Hall–Kier alpha value is -0.770. The summed E-state index contributed by atoms with van der Waals surface area (Å²) in [4.78, 5) is 11.6. The number of hydrogen-bond donors (Lipinski definition) is 0. The van der Waals surface area contributed by atoms with Crippen molar-refractivity contribution >= 4 is 5.78 Å². The van der Waals surface area contributed by atoms with Crippen LogP contribution in [0.25, 0.3) is 0 Å². The number of hydrogen-bond acceptors (Lipinski definition) is 1. The Morgan fingerprint density at radius 1 is 1.46 bits per heavy atom. The van der Waals surface area contributed by atoms with Gasteiger partial charge in [0.1, 0.15) is 5.78 Å². The second-order valence-corrected chi connectivity index (χ2v) is 4.04.